The molecular weight excluding hydrogens is 290 g/mol. The van der Waals surface area contributed by atoms with Crippen LogP contribution in [0.5, 0.6) is 11.5 Å². The molecule has 0 bridgehead atoms. The van der Waals surface area contributed by atoms with E-state index in [0.717, 1.165) is 49.8 Å². The van der Waals surface area contributed by atoms with Gasteiger partial charge in [0.05, 0.1) is 26.6 Å². The van der Waals surface area contributed by atoms with E-state index in [9.17, 15) is 0 Å². The van der Waals surface area contributed by atoms with Gasteiger partial charge in [0.2, 0.25) is 0 Å². The number of nitrogens with zero attached hydrogens (tertiary/aromatic N) is 1. The quantitative estimate of drug-likeness (QED) is 0.838. The molecule has 0 unspecified atom stereocenters. The van der Waals surface area contributed by atoms with Crippen LogP contribution in [0.25, 0.3) is 0 Å². The maximum atomic E-state index is 5.78. The zero-order chi connectivity index (χ0) is 16.0. The third-order valence-electron chi connectivity index (χ3n) is 5.72. The lowest BCUT2D eigenvalue weighted by molar-refractivity contribution is 0.0898. The molecule has 23 heavy (non-hydrogen) atoms. The molecule has 3 aliphatic heterocycles. The highest BCUT2D eigenvalue weighted by atomic mass is 16.5. The number of methoxy groups -OCH3 is 2. The van der Waals surface area contributed by atoms with Crippen LogP contribution in [0.4, 0.5) is 0 Å². The van der Waals surface area contributed by atoms with Gasteiger partial charge in [-0.2, -0.15) is 0 Å². The number of fused-ring (bicyclic) bond motifs is 4. The van der Waals surface area contributed by atoms with Gasteiger partial charge in [0.25, 0.3) is 0 Å². The van der Waals surface area contributed by atoms with Gasteiger partial charge in [-0.05, 0) is 60.9 Å². The number of ether oxygens (including phenoxy) is 3. The van der Waals surface area contributed by atoms with Crippen molar-refractivity contribution in [2.45, 2.75) is 32.2 Å². The van der Waals surface area contributed by atoms with E-state index < -0.39 is 0 Å². The second kappa shape index (κ2) is 5.75. The predicted octanol–water partition coefficient (Wildman–Crippen LogP) is 3.32. The predicted molar refractivity (Wildman–Crippen MR) is 88.9 cm³/mol. The highest BCUT2D eigenvalue weighted by Gasteiger charge is 2.38. The maximum absolute atomic E-state index is 5.78. The van der Waals surface area contributed by atoms with Crippen LogP contribution in [-0.2, 0) is 11.2 Å². The zero-order valence-electron chi connectivity index (χ0n) is 14.2. The van der Waals surface area contributed by atoms with Crippen LogP contribution in [0.2, 0.25) is 0 Å². The minimum atomic E-state index is 0.498. The van der Waals surface area contributed by atoms with Gasteiger partial charge in [-0.25, -0.2) is 0 Å². The number of allylic oxidation sites excluding steroid dienone is 1. The third-order valence-corrected chi connectivity index (χ3v) is 5.72. The molecule has 0 aromatic heterocycles. The Morgan fingerprint density at radius 1 is 1.17 bits per heavy atom. The van der Waals surface area contributed by atoms with Gasteiger partial charge in [-0.1, -0.05) is 0 Å². The van der Waals surface area contributed by atoms with Crippen LogP contribution in [0, 0.1) is 5.92 Å². The lowest BCUT2D eigenvalue weighted by atomic mass is 9.77. The Labute approximate surface area is 138 Å². The standard InChI is InChI=1S/C19H25NO3/c1-12-16-11-20-6-4-13-9-18(21-2)19(22-3)10-15(13)17(20)8-14(16)5-7-23-12/h9-10,14,17H,4-8,11H2,1-3H3/t14-,17-/m0/s1. The van der Waals surface area contributed by atoms with E-state index in [2.05, 4.69) is 24.0 Å². The number of piperidine rings is 1. The lowest BCUT2D eigenvalue weighted by Gasteiger charge is -2.46. The molecular formula is C19H25NO3. The highest BCUT2D eigenvalue weighted by Crippen LogP contribution is 2.46. The van der Waals surface area contributed by atoms with Crippen molar-refractivity contribution in [3.05, 3.63) is 34.6 Å². The Kier molecular flexibility index (Phi) is 3.72. The van der Waals surface area contributed by atoms with Crippen LogP contribution in [0.3, 0.4) is 0 Å². The van der Waals surface area contributed by atoms with Gasteiger partial charge < -0.3 is 14.2 Å². The minimum absolute atomic E-state index is 0.498. The Bertz CT molecular complexity index is 652. The molecule has 0 saturated carbocycles. The Balaban J connectivity index is 1.71. The molecule has 4 nitrogen and oxygen atoms in total. The summed E-state index contributed by atoms with van der Waals surface area (Å²) in [5.41, 5.74) is 4.37. The van der Waals surface area contributed by atoms with Gasteiger partial charge in [0, 0.05) is 19.1 Å². The van der Waals surface area contributed by atoms with Crippen LogP contribution in [0.15, 0.2) is 23.5 Å². The van der Waals surface area contributed by atoms with E-state index in [0.29, 0.717) is 12.0 Å². The van der Waals surface area contributed by atoms with Crippen molar-refractivity contribution in [1.82, 2.24) is 4.90 Å². The molecule has 3 aliphatic rings. The number of hydrogen-bond donors (Lipinski definition) is 0. The average molecular weight is 315 g/mol. The number of benzene rings is 1. The van der Waals surface area contributed by atoms with E-state index in [1.165, 1.54) is 23.1 Å². The summed E-state index contributed by atoms with van der Waals surface area (Å²) in [6.45, 7) is 5.16. The van der Waals surface area contributed by atoms with Gasteiger partial charge in [0.15, 0.2) is 11.5 Å². The second-order valence-electron chi connectivity index (χ2n) is 6.79. The van der Waals surface area contributed by atoms with Crippen molar-refractivity contribution in [2.75, 3.05) is 33.9 Å². The first-order valence-electron chi connectivity index (χ1n) is 8.52. The van der Waals surface area contributed by atoms with E-state index in [4.69, 9.17) is 14.2 Å². The van der Waals surface area contributed by atoms with Crippen molar-refractivity contribution < 1.29 is 14.2 Å². The lowest BCUT2D eigenvalue weighted by Crippen LogP contribution is -2.44. The monoisotopic (exact) mass is 315 g/mol. The first kappa shape index (κ1) is 14.9. The van der Waals surface area contributed by atoms with Crippen molar-refractivity contribution in [2.24, 2.45) is 5.92 Å². The number of hydrogen-bond acceptors (Lipinski definition) is 4. The SMILES string of the molecule is COc1cc2c(cc1OC)[C@@H]1C[C@@H]3CCOC(C)=C3CN1CC2. The topological polar surface area (TPSA) is 30.9 Å². The number of rotatable bonds is 2. The van der Waals surface area contributed by atoms with Gasteiger partial charge in [0.1, 0.15) is 0 Å². The molecule has 0 radical (unpaired) electrons. The minimum Gasteiger partial charge on any atom is -0.498 e. The third kappa shape index (κ3) is 2.40. The molecule has 4 heteroatoms. The molecule has 0 amide bonds. The molecule has 2 atom stereocenters. The Hall–Kier alpha value is -1.68. The smallest absolute Gasteiger partial charge is 0.161 e. The van der Waals surface area contributed by atoms with Crippen molar-refractivity contribution in [3.63, 3.8) is 0 Å². The molecule has 1 fully saturated rings. The fraction of sp³-hybridized carbons (Fsp3) is 0.579. The fourth-order valence-electron chi connectivity index (χ4n) is 4.44. The molecule has 0 N–H and O–H groups in total. The molecule has 1 aromatic carbocycles. The molecule has 0 aliphatic carbocycles. The maximum Gasteiger partial charge on any atom is 0.161 e. The van der Waals surface area contributed by atoms with E-state index >= 15 is 0 Å². The summed E-state index contributed by atoms with van der Waals surface area (Å²) in [5, 5.41) is 0. The van der Waals surface area contributed by atoms with Crippen molar-refractivity contribution in [3.8, 4) is 11.5 Å². The molecule has 1 aromatic rings. The second-order valence-corrected chi connectivity index (χ2v) is 6.79. The van der Waals surface area contributed by atoms with Gasteiger partial charge >= 0.3 is 0 Å². The largest absolute Gasteiger partial charge is 0.498 e. The van der Waals surface area contributed by atoms with Crippen LogP contribution in [0.1, 0.15) is 36.9 Å². The summed E-state index contributed by atoms with van der Waals surface area (Å²) < 4.78 is 16.8. The van der Waals surface area contributed by atoms with Gasteiger partial charge in [-0.15, -0.1) is 0 Å². The summed E-state index contributed by atoms with van der Waals surface area (Å²) in [6.07, 6.45) is 3.42. The molecule has 124 valence electrons. The first-order valence-corrected chi connectivity index (χ1v) is 8.52. The molecule has 0 spiro atoms. The van der Waals surface area contributed by atoms with Crippen molar-refractivity contribution in [1.29, 1.82) is 0 Å². The summed E-state index contributed by atoms with van der Waals surface area (Å²) in [5.74, 6) is 3.53. The van der Waals surface area contributed by atoms with Gasteiger partial charge in [-0.3, -0.25) is 4.90 Å². The molecule has 4 rings (SSSR count). The molecule has 3 heterocycles. The summed E-state index contributed by atoms with van der Waals surface area (Å²) in [6, 6.07) is 4.87. The molecule has 1 saturated heterocycles. The summed E-state index contributed by atoms with van der Waals surface area (Å²) >= 11 is 0. The van der Waals surface area contributed by atoms with Crippen LogP contribution < -0.4 is 9.47 Å². The normalized spacial score (nSPS) is 26.7. The van der Waals surface area contributed by atoms with E-state index in [1.54, 1.807) is 14.2 Å². The zero-order valence-corrected chi connectivity index (χ0v) is 14.2. The average Bonchev–Trinajstić information content (AvgIpc) is 2.59. The van der Waals surface area contributed by atoms with E-state index in [-0.39, 0.29) is 0 Å². The van der Waals surface area contributed by atoms with Crippen LogP contribution in [-0.4, -0.2) is 38.8 Å². The summed E-state index contributed by atoms with van der Waals surface area (Å²) in [4.78, 5) is 2.61. The Morgan fingerprint density at radius 3 is 2.74 bits per heavy atom. The van der Waals surface area contributed by atoms with Crippen LogP contribution >= 0.6 is 0 Å². The summed E-state index contributed by atoms with van der Waals surface area (Å²) in [7, 11) is 3.43. The highest BCUT2D eigenvalue weighted by molar-refractivity contribution is 5.50. The van der Waals surface area contributed by atoms with Crippen molar-refractivity contribution >= 4 is 0 Å². The fourth-order valence-corrected chi connectivity index (χ4v) is 4.44. The van der Waals surface area contributed by atoms with E-state index in [1.807, 2.05) is 0 Å². The Morgan fingerprint density at radius 2 is 1.96 bits per heavy atom. The first-order chi connectivity index (χ1) is 11.2.